The predicted molar refractivity (Wildman–Crippen MR) is 93.2 cm³/mol. The third-order valence-electron chi connectivity index (χ3n) is 3.96. The fourth-order valence-electron chi connectivity index (χ4n) is 2.56. The first kappa shape index (κ1) is 19.7. The molecule has 1 heterocycles. The molecule has 130 valence electrons. The minimum atomic E-state index is 0. The van der Waals surface area contributed by atoms with Gasteiger partial charge in [-0.3, -0.25) is 4.79 Å². The number of benzene rings is 1. The number of methoxy groups -OCH3 is 1. The summed E-state index contributed by atoms with van der Waals surface area (Å²) in [5.74, 6) is 1.63. The predicted octanol–water partition coefficient (Wildman–Crippen LogP) is 1.96. The van der Waals surface area contributed by atoms with E-state index in [1.807, 2.05) is 35.2 Å². The Hall–Kier alpha value is -1.30. The Bertz CT molecular complexity index is 437. The summed E-state index contributed by atoms with van der Waals surface area (Å²) in [6.07, 6.45) is 2.02. The van der Waals surface area contributed by atoms with Crippen LogP contribution in [0.3, 0.4) is 0 Å². The van der Waals surface area contributed by atoms with Gasteiger partial charge in [0.25, 0.3) is 0 Å². The third-order valence-corrected chi connectivity index (χ3v) is 3.96. The molecule has 0 saturated carbocycles. The van der Waals surface area contributed by atoms with Gasteiger partial charge in [-0.25, -0.2) is 0 Å². The molecule has 0 aliphatic carbocycles. The Balaban J connectivity index is 0.00000264. The van der Waals surface area contributed by atoms with Crippen molar-refractivity contribution in [3.05, 3.63) is 30.3 Å². The van der Waals surface area contributed by atoms with Gasteiger partial charge in [-0.2, -0.15) is 0 Å². The average molecular weight is 343 g/mol. The molecule has 1 aromatic carbocycles. The van der Waals surface area contributed by atoms with Gasteiger partial charge >= 0.3 is 0 Å². The van der Waals surface area contributed by atoms with Crippen LogP contribution in [-0.4, -0.2) is 57.3 Å². The summed E-state index contributed by atoms with van der Waals surface area (Å²) in [5, 5.41) is 3.10. The number of carbonyl (C=O) groups is 1. The molecule has 0 spiro atoms. The maximum Gasteiger partial charge on any atom is 0.236 e. The fraction of sp³-hybridized carbons (Fsp3) is 0.588. The number of carbonyl (C=O) groups excluding carboxylic acids is 1. The Labute approximate surface area is 144 Å². The third kappa shape index (κ3) is 7.20. The SMILES string of the molecule is COCCNCC(=O)N1CCC(COc2ccccc2)CC1.Cl. The normalized spacial score (nSPS) is 15.1. The quantitative estimate of drug-likeness (QED) is 0.734. The standard InChI is InChI=1S/C17H26N2O3.ClH/c1-21-12-9-18-13-17(20)19-10-7-15(8-11-19)14-22-16-5-3-2-4-6-16;/h2-6,15,18H,7-14H2,1H3;1H. The van der Waals surface area contributed by atoms with Gasteiger partial charge in [0.1, 0.15) is 5.75 Å². The van der Waals surface area contributed by atoms with Crippen LogP contribution in [0.15, 0.2) is 30.3 Å². The van der Waals surface area contributed by atoms with Crippen LogP contribution in [-0.2, 0) is 9.53 Å². The lowest BCUT2D eigenvalue weighted by Crippen LogP contribution is -2.44. The number of nitrogens with one attached hydrogen (secondary N) is 1. The number of ether oxygens (including phenoxy) is 2. The number of likely N-dealkylation sites (tertiary alicyclic amines) is 1. The number of hydrogen-bond donors (Lipinski definition) is 1. The van der Waals surface area contributed by atoms with Crippen molar-refractivity contribution in [2.45, 2.75) is 12.8 Å². The number of nitrogens with zero attached hydrogens (tertiary/aromatic N) is 1. The smallest absolute Gasteiger partial charge is 0.236 e. The van der Waals surface area contributed by atoms with E-state index in [0.29, 0.717) is 25.6 Å². The van der Waals surface area contributed by atoms with E-state index >= 15 is 0 Å². The van der Waals surface area contributed by atoms with Crippen molar-refractivity contribution >= 4 is 18.3 Å². The van der Waals surface area contributed by atoms with Crippen LogP contribution in [0, 0.1) is 5.92 Å². The fourth-order valence-corrected chi connectivity index (χ4v) is 2.56. The highest BCUT2D eigenvalue weighted by Gasteiger charge is 2.22. The van der Waals surface area contributed by atoms with E-state index in [-0.39, 0.29) is 18.3 Å². The van der Waals surface area contributed by atoms with E-state index in [2.05, 4.69) is 5.32 Å². The van der Waals surface area contributed by atoms with E-state index in [1.54, 1.807) is 7.11 Å². The van der Waals surface area contributed by atoms with Crippen molar-refractivity contribution in [1.29, 1.82) is 0 Å². The van der Waals surface area contributed by atoms with Crippen molar-refractivity contribution in [2.75, 3.05) is 46.5 Å². The lowest BCUT2D eigenvalue weighted by molar-refractivity contribution is -0.131. The average Bonchev–Trinajstić information content (AvgIpc) is 2.58. The highest BCUT2D eigenvalue weighted by molar-refractivity contribution is 5.85. The molecule has 6 heteroatoms. The summed E-state index contributed by atoms with van der Waals surface area (Å²) in [4.78, 5) is 14.0. The molecule has 1 aliphatic heterocycles. The molecule has 23 heavy (non-hydrogen) atoms. The van der Waals surface area contributed by atoms with Crippen LogP contribution in [0.1, 0.15) is 12.8 Å². The summed E-state index contributed by atoms with van der Waals surface area (Å²) in [6, 6.07) is 9.90. The Morgan fingerprint density at radius 1 is 1.26 bits per heavy atom. The lowest BCUT2D eigenvalue weighted by Gasteiger charge is -2.32. The first-order valence-electron chi connectivity index (χ1n) is 7.95. The van der Waals surface area contributed by atoms with E-state index < -0.39 is 0 Å². The van der Waals surface area contributed by atoms with E-state index in [1.165, 1.54) is 0 Å². The summed E-state index contributed by atoms with van der Waals surface area (Å²) in [6.45, 7) is 4.13. The number of halogens is 1. The molecule has 0 radical (unpaired) electrons. The number of rotatable bonds is 8. The highest BCUT2D eigenvalue weighted by Crippen LogP contribution is 2.19. The molecular formula is C17H27ClN2O3. The van der Waals surface area contributed by atoms with Gasteiger partial charge in [0.2, 0.25) is 5.91 Å². The number of hydrogen-bond acceptors (Lipinski definition) is 4. The zero-order valence-corrected chi connectivity index (χ0v) is 14.5. The van der Waals surface area contributed by atoms with E-state index in [0.717, 1.165) is 38.3 Å². The van der Waals surface area contributed by atoms with Gasteiger partial charge in [0.15, 0.2) is 0 Å². The molecule has 2 rings (SSSR count). The van der Waals surface area contributed by atoms with E-state index in [9.17, 15) is 4.79 Å². The maximum absolute atomic E-state index is 12.0. The summed E-state index contributed by atoms with van der Waals surface area (Å²) < 4.78 is 10.7. The molecule has 1 aliphatic rings. The Kier molecular flexibility index (Phi) is 9.67. The van der Waals surface area contributed by atoms with Crippen LogP contribution >= 0.6 is 12.4 Å². The molecule has 1 N–H and O–H groups in total. The van der Waals surface area contributed by atoms with Gasteiger partial charge in [-0.05, 0) is 30.9 Å². The molecule has 1 saturated heterocycles. The van der Waals surface area contributed by atoms with Crippen LogP contribution < -0.4 is 10.1 Å². The molecule has 1 amide bonds. The first-order valence-corrected chi connectivity index (χ1v) is 7.95. The van der Waals surface area contributed by atoms with Crippen molar-refractivity contribution in [2.24, 2.45) is 5.92 Å². The molecule has 1 fully saturated rings. The molecule has 1 aromatic rings. The number of para-hydroxylation sites is 1. The minimum Gasteiger partial charge on any atom is -0.493 e. The molecule has 0 aromatic heterocycles. The molecule has 5 nitrogen and oxygen atoms in total. The van der Waals surface area contributed by atoms with Gasteiger partial charge in [0, 0.05) is 26.7 Å². The second-order valence-electron chi connectivity index (χ2n) is 5.62. The first-order chi connectivity index (χ1) is 10.8. The molecule has 0 atom stereocenters. The minimum absolute atomic E-state index is 0. The number of amides is 1. The lowest BCUT2D eigenvalue weighted by atomic mass is 9.98. The maximum atomic E-state index is 12.0. The van der Waals surface area contributed by atoms with E-state index in [4.69, 9.17) is 9.47 Å². The second-order valence-corrected chi connectivity index (χ2v) is 5.62. The Morgan fingerprint density at radius 2 is 1.96 bits per heavy atom. The van der Waals surface area contributed by atoms with Crippen LogP contribution in [0.2, 0.25) is 0 Å². The van der Waals surface area contributed by atoms with Crippen molar-refractivity contribution in [1.82, 2.24) is 10.2 Å². The topological polar surface area (TPSA) is 50.8 Å². The van der Waals surface area contributed by atoms with Gasteiger partial charge in [-0.15, -0.1) is 12.4 Å². The second kappa shape index (κ2) is 11.3. The zero-order valence-electron chi connectivity index (χ0n) is 13.7. The van der Waals surface area contributed by atoms with Crippen LogP contribution in [0.4, 0.5) is 0 Å². The van der Waals surface area contributed by atoms with Crippen molar-refractivity contribution in [3.8, 4) is 5.75 Å². The van der Waals surface area contributed by atoms with Gasteiger partial charge < -0.3 is 19.7 Å². The van der Waals surface area contributed by atoms with Gasteiger partial charge in [-0.1, -0.05) is 18.2 Å². The van der Waals surface area contributed by atoms with Gasteiger partial charge in [0.05, 0.1) is 19.8 Å². The van der Waals surface area contributed by atoms with Crippen LogP contribution in [0.5, 0.6) is 5.75 Å². The van der Waals surface area contributed by atoms with Crippen molar-refractivity contribution < 1.29 is 14.3 Å². The summed E-state index contributed by atoms with van der Waals surface area (Å²) >= 11 is 0. The van der Waals surface area contributed by atoms with Crippen LogP contribution in [0.25, 0.3) is 0 Å². The summed E-state index contributed by atoms with van der Waals surface area (Å²) in [5.41, 5.74) is 0. The highest BCUT2D eigenvalue weighted by atomic mass is 35.5. The van der Waals surface area contributed by atoms with Crippen molar-refractivity contribution in [3.63, 3.8) is 0 Å². The molecule has 0 bridgehead atoms. The largest absolute Gasteiger partial charge is 0.493 e. The number of piperidine rings is 1. The summed E-state index contributed by atoms with van der Waals surface area (Å²) in [7, 11) is 1.66. The molecular weight excluding hydrogens is 316 g/mol. The monoisotopic (exact) mass is 342 g/mol. The molecule has 0 unspecified atom stereocenters. The Morgan fingerprint density at radius 3 is 2.61 bits per heavy atom. The zero-order chi connectivity index (χ0) is 15.6.